The van der Waals surface area contributed by atoms with E-state index in [-0.39, 0.29) is 5.91 Å². The highest BCUT2D eigenvalue weighted by atomic mass is 16.1. The summed E-state index contributed by atoms with van der Waals surface area (Å²) in [4.78, 5) is 15.3. The largest absolute Gasteiger partial charge is 0.352 e. The van der Waals surface area contributed by atoms with Crippen molar-refractivity contribution in [1.29, 1.82) is 0 Å². The molecule has 5 rings (SSSR count). The number of rotatable bonds is 7. The maximum absolute atomic E-state index is 12.7. The number of hydrogen-bond acceptors (Lipinski definition) is 2. The van der Waals surface area contributed by atoms with Crippen molar-refractivity contribution in [3.05, 3.63) is 77.5 Å². The van der Waals surface area contributed by atoms with E-state index in [0.29, 0.717) is 0 Å². The first kappa shape index (κ1) is 22.9. The molecule has 4 heteroatoms. The van der Waals surface area contributed by atoms with Gasteiger partial charge in [-0.15, -0.1) is 0 Å². The smallest absolute Gasteiger partial charge is 0.251 e. The second-order valence-corrected chi connectivity index (χ2v) is 9.82. The Balaban J connectivity index is 1.30. The number of aryl methyl sites for hydroxylation is 1. The van der Waals surface area contributed by atoms with Gasteiger partial charge in [-0.25, -0.2) is 0 Å². The first-order valence-corrected chi connectivity index (χ1v) is 13.2. The van der Waals surface area contributed by atoms with E-state index in [9.17, 15) is 4.79 Å². The highest BCUT2D eigenvalue weighted by Crippen LogP contribution is 2.33. The van der Waals surface area contributed by atoms with Gasteiger partial charge < -0.3 is 14.8 Å². The Kier molecular flexibility index (Phi) is 7.45. The highest BCUT2D eigenvalue weighted by molar-refractivity contribution is 5.94. The molecule has 0 unspecified atom stereocenters. The normalized spacial score (nSPS) is 16.6. The van der Waals surface area contributed by atoms with E-state index in [4.69, 9.17) is 0 Å². The zero-order valence-electron chi connectivity index (χ0n) is 20.3. The molecule has 4 nitrogen and oxygen atoms in total. The number of carbonyl (C=O) groups excluding carboxylic acids is 1. The topological polar surface area (TPSA) is 37.3 Å². The molecule has 1 saturated heterocycles. The van der Waals surface area contributed by atoms with Gasteiger partial charge in [-0.3, -0.25) is 4.79 Å². The van der Waals surface area contributed by atoms with Crippen LogP contribution in [0.15, 0.2) is 60.7 Å². The van der Waals surface area contributed by atoms with Crippen molar-refractivity contribution in [3.63, 3.8) is 0 Å². The molecule has 178 valence electrons. The first-order valence-electron chi connectivity index (χ1n) is 13.2. The molecule has 0 atom stereocenters. The number of benzene rings is 2. The van der Waals surface area contributed by atoms with E-state index in [1.807, 2.05) is 12.1 Å². The fourth-order valence-electron chi connectivity index (χ4n) is 5.54. The standard InChI is InChI=1S/C30H37N3O/c34-30(31-19-10-22-32-20-8-3-9-21-32)25-15-17-27(18-16-25)33-28-14-7-2-6-13-26(28)23-29(33)24-11-4-1-5-12-24/h1,4-5,11-12,15-18,23H,2-3,6-10,13-14,19-22H2,(H,31,34). The van der Waals surface area contributed by atoms with E-state index in [1.165, 1.54) is 74.1 Å². The zero-order valence-corrected chi connectivity index (χ0v) is 20.3. The number of nitrogens with zero attached hydrogens (tertiary/aromatic N) is 2. The summed E-state index contributed by atoms with van der Waals surface area (Å²) in [6.07, 6.45) is 11.1. The molecule has 1 aromatic heterocycles. The van der Waals surface area contributed by atoms with Gasteiger partial charge in [-0.2, -0.15) is 0 Å². The molecule has 1 aliphatic heterocycles. The number of aromatic nitrogens is 1. The maximum Gasteiger partial charge on any atom is 0.251 e. The van der Waals surface area contributed by atoms with Gasteiger partial charge in [0.25, 0.3) is 5.91 Å². The summed E-state index contributed by atoms with van der Waals surface area (Å²) in [6.45, 7) is 4.24. The third-order valence-electron chi connectivity index (χ3n) is 7.39. The molecule has 0 bridgehead atoms. The molecule has 1 N–H and O–H groups in total. The zero-order chi connectivity index (χ0) is 23.2. The lowest BCUT2D eigenvalue weighted by Crippen LogP contribution is -2.33. The number of carbonyl (C=O) groups is 1. The van der Waals surface area contributed by atoms with Crippen molar-refractivity contribution in [3.8, 4) is 16.9 Å². The molecule has 0 spiro atoms. The third-order valence-corrected chi connectivity index (χ3v) is 7.39. The Hall–Kier alpha value is -2.85. The lowest BCUT2D eigenvalue weighted by Gasteiger charge is -2.26. The average Bonchev–Trinajstić information content (AvgIpc) is 3.10. The van der Waals surface area contributed by atoms with Gasteiger partial charge in [0.05, 0.1) is 5.69 Å². The Morgan fingerprint density at radius 3 is 2.35 bits per heavy atom. The second-order valence-electron chi connectivity index (χ2n) is 9.82. The molecule has 2 heterocycles. The molecule has 1 amide bonds. The van der Waals surface area contributed by atoms with Crippen LogP contribution in [-0.4, -0.2) is 41.6 Å². The Bertz CT molecular complexity index is 1080. The highest BCUT2D eigenvalue weighted by Gasteiger charge is 2.19. The Labute approximate surface area is 204 Å². The van der Waals surface area contributed by atoms with Gasteiger partial charge in [0, 0.05) is 23.5 Å². The predicted molar refractivity (Wildman–Crippen MR) is 140 cm³/mol. The number of fused-ring (bicyclic) bond motifs is 1. The summed E-state index contributed by atoms with van der Waals surface area (Å²) < 4.78 is 2.43. The lowest BCUT2D eigenvalue weighted by atomic mass is 10.1. The van der Waals surface area contributed by atoms with E-state index >= 15 is 0 Å². The van der Waals surface area contributed by atoms with Crippen molar-refractivity contribution in [2.75, 3.05) is 26.2 Å². The van der Waals surface area contributed by atoms with Crippen LogP contribution in [-0.2, 0) is 12.8 Å². The minimum Gasteiger partial charge on any atom is -0.352 e. The van der Waals surface area contributed by atoms with Gasteiger partial charge in [-0.05, 0) is 106 Å². The minimum absolute atomic E-state index is 0.0276. The van der Waals surface area contributed by atoms with Crippen molar-refractivity contribution in [2.24, 2.45) is 0 Å². The van der Waals surface area contributed by atoms with Crippen LogP contribution < -0.4 is 5.32 Å². The summed E-state index contributed by atoms with van der Waals surface area (Å²) in [6, 6.07) is 21.2. The van der Waals surface area contributed by atoms with E-state index in [1.54, 1.807) is 0 Å². The van der Waals surface area contributed by atoms with Crippen LogP contribution in [0, 0.1) is 0 Å². The van der Waals surface area contributed by atoms with Crippen LogP contribution in [0.4, 0.5) is 0 Å². The summed E-state index contributed by atoms with van der Waals surface area (Å²) in [7, 11) is 0. The fraction of sp³-hybridized carbons (Fsp3) is 0.433. The van der Waals surface area contributed by atoms with Gasteiger partial charge >= 0.3 is 0 Å². The van der Waals surface area contributed by atoms with Gasteiger partial charge in [0.15, 0.2) is 0 Å². The molecule has 1 fully saturated rings. The summed E-state index contributed by atoms with van der Waals surface area (Å²) in [5.41, 5.74) is 7.29. The molecular weight excluding hydrogens is 418 g/mol. The predicted octanol–water partition coefficient (Wildman–Crippen LogP) is 6.02. The van der Waals surface area contributed by atoms with Gasteiger partial charge in [-0.1, -0.05) is 43.2 Å². The summed E-state index contributed by atoms with van der Waals surface area (Å²) in [5.74, 6) is 0.0276. The molecule has 34 heavy (non-hydrogen) atoms. The van der Waals surface area contributed by atoms with E-state index < -0.39 is 0 Å². The molecule has 2 aromatic carbocycles. The number of nitrogens with one attached hydrogen (secondary N) is 1. The lowest BCUT2D eigenvalue weighted by molar-refractivity contribution is 0.0951. The van der Waals surface area contributed by atoms with Crippen molar-refractivity contribution in [1.82, 2.24) is 14.8 Å². The van der Waals surface area contributed by atoms with Crippen molar-refractivity contribution >= 4 is 5.91 Å². The number of hydrogen-bond donors (Lipinski definition) is 1. The van der Waals surface area contributed by atoms with E-state index in [0.717, 1.165) is 43.6 Å². The number of piperidine rings is 1. The molecule has 2 aliphatic rings. The van der Waals surface area contributed by atoms with Crippen LogP contribution in [0.5, 0.6) is 0 Å². The van der Waals surface area contributed by atoms with Crippen LogP contribution in [0.1, 0.15) is 66.6 Å². The monoisotopic (exact) mass is 455 g/mol. The van der Waals surface area contributed by atoms with E-state index in [2.05, 4.69) is 63.3 Å². The summed E-state index contributed by atoms with van der Waals surface area (Å²) in [5, 5.41) is 3.12. The van der Waals surface area contributed by atoms with Crippen LogP contribution in [0.25, 0.3) is 16.9 Å². The van der Waals surface area contributed by atoms with Gasteiger partial charge in [0.2, 0.25) is 0 Å². The fourth-order valence-corrected chi connectivity index (χ4v) is 5.54. The molecular formula is C30H37N3O. The molecule has 1 aliphatic carbocycles. The Morgan fingerprint density at radius 2 is 1.56 bits per heavy atom. The minimum atomic E-state index is 0.0276. The van der Waals surface area contributed by atoms with Crippen molar-refractivity contribution < 1.29 is 4.79 Å². The average molecular weight is 456 g/mol. The number of amides is 1. The maximum atomic E-state index is 12.7. The Morgan fingerprint density at radius 1 is 0.824 bits per heavy atom. The van der Waals surface area contributed by atoms with Crippen LogP contribution in [0.3, 0.4) is 0 Å². The third kappa shape index (κ3) is 5.28. The quantitative estimate of drug-likeness (QED) is 0.349. The van der Waals surface area contributed by atoms with Crippen LogP contribution >= 0.6 is 0 Å². The molecule has 0 radical (unpaired) electrons. The molecule has 0 saturated carbocycles. The number of likely N-dealkylation sites (tertiary alicyclic amines) is 1. The van der Waals surface area contributed by atoms with Crippen LogP contribution in [0.2, 0.25) is 0 Å². The molecule has 3 aromatic rings. The van der Waals surface area contributed by atoms with Gasteiger partial charge in [0.1, 0.15) is 0 Å². The first-order chi connectivity index (χ1) is 16.8. The summed E-state index contributed by atoms with van der Waals surface area (Å²) >= 11 is 0. The second kappa shape index (κ2) is 11.1. The van der Waals surface area contributed by atoms with Crippen molar-refractivity contribution in [2.45, 2.75) is 57.8 Å². The SMILES string of the molecule is O=C(NCCCN1CCCCC1)c1ccc(-n2c(-c3ccccc3)cc3c2CCCCC3)cc1.